The van der Waals surface area contributed by atoms with Crippen LogP contribution in [0.25, 0.3) is 0 Å². The van der Waals surface area contributed by atoms with Gasteiger partial charge in [-0.05, 0) is 30.7 Å². The van der Waals surface area contributed by atoms with Crippen molar-refractivity contribution in [3.63, 3.8) is 0 Å². The first-order valence-electron chi connectivity index (χ1n) is 8.71. The Morgan fingerprint density at radius 1 is 1.33 bits per heavy atom. The number of benzene rings is 2. The number of aryl methyl sites for hydroxylation is 1. The molecule has 30 heavy (non-hydrogen) atoms. The first-order valence-corrected chi connectivity index (χ1v) is 9.97. The maximum absolute atomic E-state index is 12.2. The molecule has 0 fully saturated rings. The van der Waals surface area contributed by atoms with Crippen LogP contribution >= 0.6 is 23.4 Å². The topological polar surface area (TPSA) is 128 Å². The molecule has 2 amide bonds. The Labute approximate surface area is 180 Å². The predicted molar refractivity (Wildman–Crippen MR) is 112 cm³/mol. The molecule has 9 nitrogen and oxygen atoms in total. The van der Waals surface area contributed by atoms with Crippen molar-refractivity contribution < 1.29 is 24.0 Å². The maximum Gasteiger partial charge on any atom is 0.307 e. The van der Waals surface area contributed by atoms with Gasteiger partial charge in [0, 0.05) is 16.0 Å². The number of halogens is 1. The predicted octanol–water partition coefficient (Wildman–Crippen LogP) is 3.54. The molecule has 2 N–H and O–H groups in total. The van der Waals surface area contributed by atoms with Gasteiger partial charge in [0.25, 0.3) is 11.6 Å². The summed E-state index contributed by atoms with van der Waals surface area (Å²) < 4.78 is 4.94. The lowest BCUT2D eigenvalue weighted by atomic mass is 10.1. The van der Waals surface area contributed by atoms with E-state index in [1.807, 2.05) is 0 Å². The first-order chi connectivity index (χ1) is 14.2. The molecule has 0 saturated heterocycles. The maximum atomic E-state index is 12.2. The fourth-order valence-corrected chi connectivity index (χ4v) is 4.00. The molecule has 3 rings (SSSR count). The van der Waals surface area contributed by atoms with Gasteiger partial charge >= 0.3 is 5.97 Å². The molecule has 2 aromatic carbocycles. The highest BCUT2D eigenvalue weighted by Gasteiger charge is 2.30. The van der Waals surface area contributed by atoms with E-state index in [9.17, 15) is 24.5 Å². The van der Waals surface area contributed by atoms with Gasteiger partial charge in [-0.15, -0.1) is 11.8 Å². The number of carbonyl (C=O) groups excluding carboxylic acids is 3. The summed E-state index contributed by atoms with van der Waals surface area (Å²) in [6.45, 7) is 0.980. The van der Waals surface area contributed by atoms with Crippen LogP contribution in [0.2, 0.25) is 5.02 Å². The molecule has 1 atom stereocenters. The van der Waals surface area contributed by atoms with Crippen LogP contribution in [0.15, 0.2) is 41.3 Å². The quantitative estimate of drug-likeness (QED) is 0.392. The number of esters is 1. The van der Waals surface area contributed by atoms with Gasteiger partial charge in [0.2, 0.25) is 5.91 Å². The number of thioether (sulfide) groups is 1. The number of nitro groups is 1. The van der Waals surface area contributed by atoms with Crippen LogP contribution in [0, 0.1) is 17.0 Å². The Balaban J connectivity index is 1.55. The zero-order valence-electron chi connectivity index (χ0n) is 15.6. The van der Waals surface area contributed by atoms with Crippen LogP contribution in [-0.4, -0.2) is 34.6 Å². The average Bonchev–Trinajstić information content (AvgIpc) is 2.68. The van der Waals surface area contributed by atoms with Crippen molar-refractivity contribution in [1.82, 2.24) is 0 Å². The van der Waals surface area contributed by atoms with Crippen LogP contribution in [-0.2, 0) is 19.1 Å². The van der Waals surface area contributed by atoms with Crippen LogP contribution in [0.1, 0.15) is 12.0 Å². The number of anilines is 2. The highest BCUT2D eigenvalue weighted by molar-refractivity contribution is 8.01. The van der Waals surface area contributed by atoms with E-state index in [0.29, 0.717) is 16.3 Å². The van der Waals surface area contributed by atoms with E-state index < -0.39 is 28.7 Å². The molecule has 156 valence electrons. The summed E-state index contributed by atoms with van der Waals surface area (Å²) >= 11 is 7.10. The molecule has 1 aliphatic heterocycles. The van der Waals surface area contributed by atoms with E-state index in [-0.39, 0.29) is 23.7 Å². The SMILES string of the molecule is Cc1cccc([N+](=O)[O-])c1NC(=O)COC(=O)CC1Sc2ccc(Cl)cc2NC1=O. The van der Waals surface area contributed by atoms with Gasteiger partial charge in [-0.25, -0.2) is 0 Å². The van der Waals surface area contributed by atoms with E-state index >= 15 is 0 Å². The third-order valence-corrected chi connectivity index (χ3v) is 5.70. The molecular weight excluding hydrogens is 434 g/mol. The van der Waals surface area contributed by atoms with Crippen molar-refractivity contribution in [3.05, 3.63) is 57.1 Å². The van der Waals surface area contributed by atoms with Gasteiger partial charge in [0.1, 0.15) is 5.69 Å². The van der Waals surface area contributed by atoms with Crippen LogP contribution in [0.4, 0.5) is 17.1 Å². The summed E-state index contributed by atoms with van der Waals surface area (Å²) in [5.74, 6) is -1.83. The molecular formula is C19H16ClN3O6S. The Kier molecular flexibility index (Phi) is 6.58. The van der Waals surface area contributed by atoms with Gasteiger partial charge < -0.3 is 15.4 Å². The summed E-state index contributed by atoms with van der Waals surface area (Å²) in [6, 6.07) is 9.41. The van der Waals surface area contributed by atoms with Crippen molar-refractivity contribution >= 4 is 58.2 Å². The Morgan fingerprint density at radius 2 is 2.10 bits per heavy atom. The summed E-state index contributed by atoms with van der Waals surface area (Å²) in [7, 11) is 0. The molecule has 0 bridgehead atoms. The van der Waals surface area contributed by atoms with Crippen LogP contribution in [0.3, 0.4) is 0 Å². The number of amides is 2. The van der Waals surface area contributed by atoms with Crippen molar-refractivity contribution in [2.45, 2.75) is 23.5 Å². The average molecular weight is 450 g/mol. The second kappa shape index (κ2) is 9.14. The van der Waals surface area contributed by atoms with Crippen molar-refractivity contribution in [1.29, 1.82) is 0 Å². The van der Waals surface area contributed by atoms with Gasteiger partial charge in [0.05, 0.1) is 22.3 Å². The number of nitrogens with one attached hydrogen (secondary N) is 2. The van der Waals surface area contributed by atoms with Gasteiger partial charge in [-0.3, -0.25) is 24.5 Å². The molecule has 0 radical (unpaired) electrons. The smallest absolute Gasteiger partial charge is 0.307 e. The molecule has 1 aliphatic rings. The van der Waals surface area contributed by atoms with E-state index in [1.54, 1.807) is 31.2 Å². The van der Waals surface area contributed by atoms with Crippen LogP contribution < -0.4 is 10.6 Å². The third kappa shape index (κ3) is 5.08. The number of nitrogens with zero attached hydrogens (tertiary/aromatic N) is 1. The molecule has 0 spiro atoms. The monoisotopic (exact) mass is 449 g/mol. The zero-order chi connectivity index (χ0) is 21.8. The van der Waals surface area contributed by atoms with E-state index in [2.05, 4.69) is 10.6 Å². The number of rotatable bonds is 6. The van der Waals surface area contributed by atoms with Gasteiger partial charge in [0.15, 0.2) is 6.61 Å². The first kappa shape index (κ1) is 21.6. The number of hydrogen-bond donors (Lipinski definition) is 2. The summed E-state index contributed by atoms with van der Waals surface area (Å²) in [4.78, 5) is 47.6. The highest BCUT2D eigenvalue weighted by atomic mass is 35.5. The lowest BCUT2D eigenvalue weighted by Crippen LogP contribution is -2.32. The Bertz CT molecular complexity index is 1040. The Hall–Kier alpha value is -3.11. The number of ether oxygens (including phenoxy) is 1. The summed E-state index contributed by atoms with van der Waals surface area (Å²) in [5, 5.41) is 15.9. The minimum absolute atomic E-state index is 0.0426. The number of fused-ring (bicyclic) bond motifs is 1. The molecule has 0 saturated carbocycles. The van der Waals surface area contributed by atoms with E-state index in [1.165, 1.54) is 23.9 Å². The second-order valence-corrected chi connectivity index (χ2v) is 8.06. The number of hydrogen-bond acceptors (Lipinski definition) is 7. The number of carbonyl (C=O) groups is 3. The van der Waals surface area contributed by atoms with Crippen molar-refractivity contribution in [2.24, 2.45) is 0 Å². The minimum Gasteiger partial charge on any atom is -0.456 e. The summed E-state index contributed by atoms with van der Waals surface area (Å²) in [5.41, 5.74) is 0.851. The third-order valence-electron chi connectivity index (χ3n) is 4.19. The molecule has 11 heteroatoms. The fraction of sp³-hybridized carbons (Fsp3) is 0.211. The highest BCUT2D eigenvalue weighted by Crippen LogP contribution is 2.38. The lowest BCUT2D eigenvalue weighted by Gasteiger charge is -2.23. The fourth-order valence-electron chi connectivity index (χ4n) is 2.76. The normalized spacial score (nSPS) is 15.0. The molecule has 1 unspecified atom stereocenters. The van der Waals surface area contributed by atoms with Gasteiger partial charge in [-0.2, -0.15) is 0 Å². The standard InChI is InChI=1S/C19H16ClN3O6S/c1-10-3-2-4-13(23(27)28)18(10)22-16(24)9-29-17(25)8-15-19(26)21-12-7-11(20)5-6-14(12)30-15/h2-7,15H,8-9H2,1H3,(H,21,26)(H,22,24). The minimum atomic E-state index is -0.741. The molecule has 0 aliphatic carbocycles. The number of para-hydroxylation sites is 1. The lowest BCUT2D eigenvalue weighted by molar-refractivity contribution is -0.384. The second-order valence-electron chi connectivity index (χ2n) is 6.38. The molecule has 0 aromatic heterocycles. The molecule has 2 aromatic rings. The summed E-state index contributed by atoms with van der Waals surface area (Å²) in [6.07, 6.45) is -0.240. The van der Waals surface area contributed by atoms with Crippen molar-refractivity contribution in [3.8, 4) is 0 Å². The van der Waals surface area contributed by atoms with Crippen LogP contribution in [0.5, 0.6) is 0 Å². The number of nitro benzene ring substituents is 1. The van der Waals surface area contributed by atoms with E-state index in [4.69, 9.17) is 16.3 Å². The Morgan fingerprint density at radius 3 is 2.83 bits per heavy atom. The van der Waals surface area contributed by atoms with Gasteiger partial charge in [-0.1, -0.05) is 23.7 Å². The zero-order valence-corrected chi connectivity index (χ0v) is 17.2. The molecule has 1 heterocycles. The van der Waals surface area contributed by atoms with E-state index in [0.717, 1.165) is 4.90 Å². The largest absolute Gasteiger partial charge is 0.456 e. The van der Waals surface area contributed by atoms with Crippen molar-refractivity contribution in [2.75, 3.05) is 17.2 Å².